The minimum absolute atomic E-state index is 0.122. The molecular weight excluding hydrogens is 432 g/mol. The van der Waals surface area contributed by atoms with Crippen LogP contribution < -0.4 is 5.32 Å². The number of anilines is 1. The van der Waals surface area contributed by atoms with E-state index in [2.05, 4.69) is 15.4 Å². The summed E-state index contributed by atoms with van der Waals surface area (Å²) < 4.78 is 36.3. The van der Waals surface area contributed by atoms with Gasteiger partial charge in [-0.15, -0.1) is 0 Å². The molecule has 1 aliphatic rings. The van der Waals surface area contributed by atoms with Crippen LogP contribution in [0.5, 0.6) is 0 Å². The molecule has 0 saturated carbocycles. The third-order valence-electron chi connectivity index (χ3n) is 4.99. The minimum Gasteiger partial charge on any atom is -0.444 e. The Bertz CT molecular complexity index is 1230. The van der Waals surface area contributed by atoms with Crippen LogP contribution in [0.25, 0.3) is 11.1 Å². The van der Waals surface area contributed by atoms with Gasteiger partial charge in [-0.05, 0) is 44.5 Å². The van der Waals surface area contributed by atoms with Gasteiger partial charge in [0.2, 0.25) is 0 Å². The van der Waals surface area contributed by atoms with Gasteiger partial charge in [0.25, 0.3) is 5.91 Å². The monoisotopic (exact) mass is 455 g/mol. The fourth-order valence-electron chi connectivity index (χ4n) is 3.52. The highest BCUT2D eigenvalue weighted by Crippen LogP contribution is 2.29. The molecule has 0 bridgehead atoms. The van der Waals surface area contributed by atoms with Crippen molar-refractivity contribution in [3.05, 3.63) is 65.1 Å². The number of nitrogens with one attached hydrogen (secondary N) is 1. The molecule has 10 heteroatoms. The van der Waals surface area contributed by atoms with Crippen LogP contribution in [0, 0.1) is 11.6 Å². The number of aromatic nitrogens is 3. The highest BCUT2D eigenvalue weighted by atomic mass is 19.1. The zero-order chi connectivity index (χ0) is 23.9. The predicted octanol–water partition coefficient (Wildman–Crippen LogP) is 4.26. The number of carbonyl (C=O) groups excluding carboxylic acids is 2. The standard InChI is InChI=1S/C23H23F2N5O3/c1-23(2,3)33-22(32)28-19-6-5-13-11-30(21(31)20(13)27-19)12-16-17(24)7-14(8-18(16)25)15-9-26-29(4)10-15/h5-10H,11-12H2,1-4H3,(H,27,28,32). The lowest BCUT2D eigenvalue weighted by Crippen LogP contribution is -2.27. The van der Waals surface area contributed by atoms with Gasteiger partial charge in [0.05, 0.1) is 12.7 Å². The van der Waals surface area contributed by atoms with Crippen LogP contribution >= 0.6 is 0 Å². The number of aryl methyl sites for hydroxylation is 1. The lowest BCUT2D eigenvalue weighted by atomic mass is 10.1. The first-order valence-corrected chi connectivity index (χ1v) is 10.3. The topological polar surface area (TPSA) is 89.4 Å². The van der Waals surface area contributed by atoms with Gasteiger partial charge >= 0.3 is 6.09 Å². The number of fused-ring (bicyclic) bond motifs is 1. The van der Waals surface area contributed by atoms with E-state index in [9.17, 15) is 18.4 Å². The first-order chi connectivity index (χ1) is 15.5. The molecule has 2 amide bonds. The van der Waals surface area contributed by atoms with Gasteiger partial charge in [0.15, 0.2) is 0 Å². The highest BCUT2D eigenvalue weighted by molar-refractivity contribution is 5.97. The van der Waals surface area contributed by atoms with Crippen molar-refractivity contribution in [3.63, 3.8) is 0 Å². The van der Waals surface area contributed by atoms with Gasteiger partial charge in [-0.3, -0.25) is 14.8 Å². The quantitative estimate of drug-likeness (QED) is 0.635. The van der Waals surface area contributed by atoms with E-state index in [0.29, 0.717) is 16.7 Å². The Morgan fingerprint density at radius 2 is 1.88 bits per heavy atom. The average Bonchev–Trinajstić information content (AvgIpc) is 3.27. The molecule has 33 heavy (non-hydrogen) atoms. The van der Waals surface area contributed by atoms with Gasteiger partial charge in [-0.1, -0.05) is 6.07 Å². The van der Waals surface area contributed by atoms with E-state index in [0.717, 1.165) is 0 Å². The molecule has 0 unspecified atom stereocenters. The second kappa shape index (κ2) is 8.27. The first-order valence-electron chi connectivity index (χ1n) is 10.3. The summed E-state index contributed by atoms with van der Waals surface area (Å²) >= 11 is 0. The largest absolute Gasteiger partial charge is 0.444 e. The molecule has 4 rings (SSSR count). The van der Waals surface area contributed by atoms with Crippen molar-refractivity contribution < 1.29 is 23.1 Å². The average molecular weight is 455 g/mol. The van der Waals surface area contributed by atoms with Gasteiger partial charge < -0.3 is 9.64 Å². The Labute approximate surface area is 189 Å². The van der Waals surface area contributed by atoms with Crippen molar-refractivity contribution in [1.82, 2.24) is 19.7 Å². The van der Waals surface area contributed by atoms with E-state index in [1.54, 1.807) is 46.1 Å². The van der Waals surface area contributed by atoms with Crippen molar-refractivity contribution in [2.24, 2.45) is 7.05 Å². The normalized spacial score (nSPS) is 13.3. The number of hydrogen-bond acceptors (Lipinski definition) is 5. The van der Waals surface area contributed by atoms with E-state index in [4.69, 9.17) is 4.74 Å². The summed E-state index contributed by atoms with van der Waals surface area (Å²) in [4.78, 5) is 30.3. The van der Waals surface area contributed by atoms with Crippen molar-refractivity contribution in [1.29, 1.82) is 0 Å². The van der Waals surface area contributed by atoms with Gasteiger partial charge in [-0.25, -0.2) is 18.6 Å². The summed E-state index contributed by atoms with van der Waals surface area (Å²) in [6.07, 6.45) is 2.47. The van der Waals surface area contributed by atoms with Crippen molar-refractivity contribution in [2.75, 3.05) is 5.32 Å². The van der Waals surface area contributed by atoms with E-state index in [1.165, 1.54) is 27.9 Å². The number of ether oxygens (including phenoxy) is 1. The smallest absolute Gasteiger partial charge is 0.413 e. The summed E-state index contributed by atoms with van der Waals surface area (Å²) in [6, 6.07) is 5.64. The van der Waals surface area contributed by atoms with Crippen molar-refractivity contribution in [3.8, 4) is 11.1 Å². The molecule has 8 nitrogen and oxygen atoms in total. The van der Waals surface area contributed by atoms with E-state index in [-0.39, 0.29) is 30.2 Å². The summed E-state index contributed by atoms with van der Waals surface area (Å²) in [6.45, 7) is 5.08. The molecule has 0 aliphatic carbocycles. The number of amides is 2. The second-order valence-electron chi connectivity index (χ2n) is 8.81. The lowest BCUT2D eigenvalue weighted by molar-refractivity contribution is 0.0634. The SMILES string of the molecule is Cn1cc(-c2cc(F)c(CN3Cc4ccc(NC(=O)OC(C)(C)C)nc4C3=O)c(F)c2)cn1. The molecule has 1 aromatic carbocycles. The molecule has 1 N–H and O–H groups in total. The third kappa shape index (κ3) is 4.84. The number of rotatable bonds is 4. The number of pyridine rings is 1. The maximum atomic E-state index is 14.8. The van der Waals surface area contributed by atoms with E-state index in [1.807, 2.05) is 0 Å². The Kier molecular flexibility index (Phi) is 5.61. The molecule has 0 spiro atoms. The maximum Gasteiger partial charge on any atom is 0.413 e. The van der Waals surface area contributed by atoms with Crippen molar-refractivity contribution >= 4 is 17.8 Å². The number of benzene rings is 1. The molecule has 1 aliphatic heterocycles. The molecule has 0 radical (unpaired) electrons. The van der Waals surface area contributed by atoms with E-state index >= 15 is 0 Å². The lowest BCUT2D eigenvalue weighted by Gasteiger charge is -2.19. The maximum absolute atomic E-state index is 14.8. The number of carbonyl (C=O) groups is 2. The number of nitrogens with zero attached hydrogens (tertiary/aromatic N) is 4. The van der Waals surface area contributed by atoms with Crippen LogP contribution in [0.1, 0.15) is 42.4 Å². The summed E-state index contributed by atoms with van der Waals surface area (Å²) in [7, 11) is 1.71. The zero-order valence-corrected chi connectivity index (χ0v) is 18.6. The second-order valence-corrected chi connectivity index (χ2v) is 8.81. The molecule has 3 heterocycles. The Morgan fingerprint density at radius 1 is 1.18 bits per heavy atom. The Morgan fingerprint density at radius 3 is 2.48 bits per heavy atom. The van der Waals surface area contributed by atoms with Gasteiger partial charge in [-0.2, -0.15) is 5.10 Å². The fourth-order valence-corrected chi connectivity index (χ4v) is 3.52. The molecule has 2 aromatic heterocycles. The summed E-state index contributed by atoms with van der Waals surface area (Å²) in [5, 5.41) is 6.50. The van der Waals surface area contributed by atoms with Crippen LogP contribution in [-0.2, 0) is 24.9 Å². The van der Waals surface area contributed by atoms with E-state index < -0.39 is 29.2 Å². The predicted molar refractivity (Wildman–Crippen MR) is 116 cm³/mol. The number of hydrogen-bond donors (Lipinski definition) is 1. The molecule has 172 valence electrons. The molecule has 0 atom stereocenters. The number of halogens is 2. The zero-order valence-electron chi connectivity index (χ0n) is 18.6. The minimum atomic E-state index is -0.752. The Hall–Kier alpha value is -3.82. The van der Waals surface area contributed by atoms with Crippen LogP contribution in [0.4, 0.5) is 19.4 Å². The summed E-state index contributed by atoms with van der Waals surface area (Å²) in [5.74, 6) is -1.83. The third-order valence-corrected chi connectivity index (χ3v) is 4.99. The van der Waals surface area contributed by atoms with Gasteiger partial charge in [0.1, 0.15) is 28.7 Å². The molecular formula is C23H23F2N5O3. The fraction of sp³-hybridized carbons (Fsp3) is 0.304. The van der Waals surface area contributed by atoms with Crippen LogP contribution in [0.2, 0.25) is 0 Å². The first kappa shape index (κ1) is 22.4. The van der Waals surface area contributed by atoms with Crippen molar-refractivity contribution in [2.45, 2.75) is 39.5 Å². The Balaban J connectivity index is 1.50. The molecule has 0 saturated heterocycles. The molecule has 3 aromatic rings. The molecule has 0 fully saturated rings. The van der Waals surface area contributed by atoms with Crippen LogP contribution in [-0.4, -0.2) is 37.3 Å². The van der Waals surface area contributed by atoms with Crippen LogP contribution in [0.3, 0.4) is 0 Å². The highest BCUT2D eigenvalue weighted by Gasteiger charge is 2.31. The van der Waals surface area contributed by atoms with Crippen LogP contribution in [0.15, 0.2) is 36.7 Å². The van der Waals surface area contributed by atoms with Gasteiger partial charge in [0, 0.05) is 36.5 Å². The summed E-state index contributed by atoms with van der Waals surface area (Å²) in [5.41, 5.74) is 0.765.